The van der Waals surface area contributed by atoms with Crippen LogP contribution in [0.3, 0.4) is 0 Å². The second-order valence-corrected chi connectivity index (χ2v) is 9.78. The highest BCUT2D eigenvalue weighted by molar-refractivity contribution is 5.94. The van der Waals surface area contributed by atoms with Crippen LogP contribution in [0.2, 0.25) is 0 Å². The largest absolute Gasteiger partial charge is 0.493 e. The predicted octanol–water partition coefficient (Wildman–Crippen LogP) is 2.82. The van der Waals surface area contributed by atoms with Crippen molar-refractivity contribution >= 4 is 11.8 Å². The Balaban J connectivity index is 1.42. The van der Waals surface area contributed by atoms with Crippen molar-refractivity contribution in [2.75, 3.05) is 59.1 Å². The summed E-state index contributed by atoms with van der Waals surface area (Å²) >= 11 is 0. The molecule has 2 aromatic carbocycles. The molecule has 0 unspecified atom stereocenters. The number of amides is 2. The molecule has 8 heteroatoms. The second-order valence-electron chi connectivity index (χ2n) is 9.78. The van der Waals surface area contributed by atoms with Crippen molar-refractivity contribution in [1.82, 2.24) is 20.4 Å². The van der Waals surface area contributed by atoms with Crippen LogP contribution in [-0.2, 0) is 22.6 Å². The average molecular weight is 509 g/mol. The third kappa shape index (κ3) is 9.14. The molecule has 0 spiro atoms. The number of hydrogen-bond donors (Lipinski definition) is 2. The highest BCUT2D eigenvalue weighted by Gasteiger charge is 2.17. The maximum Gasteiger partial charge on any atom is 0.251 e. The van der Waals surface area contributed by atoms with Gasteiger partial charge in [0.05, 0.1) is 26.4 Å². The van der Waals surface area contributed by atoms with E-state index in [4.69, 9.17) is 9.47 Å². The first-order valence-corrected chi connectivity index (χ1v) is 13.5. The van der Waals surface area contributed by atoms with Crippen LogP contribution in [0.1, 0.15) is 47.2 Å². The zero-order chi connectivity index (χ0) is 25.7. The van der Waals surface area contributed by atoms with Crippen molar-refractivity contribution in [1.29, 1.82) is 0 Å². The van der Waals surface area contributed by atoms with Crippen LogP contribution >= 0.6 is 0 Å². The third-order valence-corrected chi connectivity index (χ3v) is 6.78. The molecule has 0 bridgehead atoms. The fourth-order valence-electron chi connectivity index (χ4n) is 4.72. The van der Waals surface area contributed by atoms with Gasteiger partial charge in [0.15, 0.2) is 0 Å². The number of nitrogens with one attached hydrogen (secondary N) is 2. The van der Waals surface area contributed by atoms with E-state index in [2.05, 4.69) is 32.6 Å². The van der Waals surface area contributed by atoms with Gasteiger partial charge in [0.2, 0.25) is 5.91 Å². The smallest absolute Gasteiger partial charge is 0.251 e. The first-order chi connectivity index (χ1) is 18.2. The molecule has 1 fully saturated rings. The van der Waals surface area contributed by atoms with Crippen molar-refractivity contribution in [3.63, 3.8) is 0 Å². The SMILES string of the molecule is O=C1CN(Cc2ccccc2)Cc2ccc(C(=O)NCCCN3CCOCC3)cc2OCCCCCN1. The fraction of sp³-hybridized carbons (Fsp3) is 0.517. The van der Waals surface area contributed by atoms with Gasteiger partial charge in [-0.2, -0.15) is 0 Å². The molecule has 2 aliphatic rings. The third-order valence-electron chi connectivity index (χ3n) is 6.78. The molecule has 2 aliphatic heterocycles. The summed E-state index contributed by atoms with van der Waals surface area (Å²) in [6, 6.07) is 15.8. The van der Waals surface area contributed by atoms with Crippen molar-refractivity contribution < 1.29 is 19.1 Å². The summed E-state index contributed by atoms with van der Waals surface area (Å²) in [6.45, 7) is 7.86. The minimum Gasteiger partial charge on any atom is -0.493 e. The first kappa shape index (κ1) is 27.1. The number of fused-ring (bicyclic) bond motifs is 1. The zero-order valence-corrected chi connectivity index (χ0v) is 21.8. The van der Waals surface area contributed by atoms with Crippen LogP contribution in [0, 0.1) is 0 Å². The minimum absolute atomic E-state index is 0.0331. The summed E-state index contributed by atoms with van der Waals surface area (Å²) in [5.41, 5.74) is 2.73. The molecule has 1 saturated heterocycles. The molecular formula is C29H40N4O4. The molecular weight excluding hydrogens is 468 g/mol. The predicted molar refractivity (Wildman–Crippen MR) is 144 cm³/mol. The summed E-state index contributed by atoms with van der Waals surface area (Å²) in [4.78, 5) is 30.0. The Morgan fingerprint density at radius 1 is 0.946 bits per heavy atom. The monoisotopic (exact) mass is 508 g/mol. The van der Waals surface area contributed by atoms with Gasteiger partial charge in [-0.1, -0.05) is 36.4 Å². The van der Waals surface area contributed by atoms with Gasteiger partial charge >= 0.3 is 0 Å². The average Bonchev–Trinajstić information content (AvgIpc) is 2.93. The van der Waals surface area contributed by atoms with E-state index in [-0.39, 0.29) is 11.8 Å². The zero-order valence-electron chi connectivity index (χ0n) is 21.8. The van der Waals surface area contributed by atoms with Crippen LogP contribution in [0.5, 0.6) is 5.75 Å². The second kappa shape index (κ2) is 14.7. The molecule has 37 heavy (non-hydrogen) atoms. The van der Waals surface area contributed by atoms with E-state index in [0.717, 1.165) is 75.4 Å². The number of carbonyl (C=O) groups is 2. The highest BCUT2D eigenvalue weighted by atomic mass is 16.5. The lowest BCUT2D eigenvalue weighted by atomic mass is 10.1. The molecule has 200 valence electrons. The molecule has 0 aliphatic carbocycles. The molecule has 0 atom stereocenters. The van der Waals surface area contributed by atoms with Gasteiger partial charge in [-0.3, -0.25) is 19.4 Å². The van der Waals surface area contributed by atoms with Gasteiger partial charge in [-0.05, 0) is 49.9 Å². The van der Waals surface area contributed by atoms with E-state index < -0.39 is 0 Å². The molecule has 2 N–H and O–H groups in total. The summed E-state index contributed by atoms with van der Waals surface area (Å²) in [7, 11) is 0. The summed E-state index contributed by atoms with van der Waals surface area (Å²) < 4.78 is 11.6. The van der Waals surface area contributed by atoms with Gasteiger partial charge in [0.25, 0.3) is 5.91 Å². The normalized spacial score (nSPS) is 18.3. The summed E-state index contributed by atoms with van der Waals surface area (Å²) in [6.07, 6.45) is 3.71. The van der Waals surface area contributed by atoms with Crippen molar-refractivity contribution in [3.05, 3.63) is 65.2 Å². The Bertz CT molecular complexity index is 995. The minimum atomic E-state index is -0.0863. The lowest BCUT2D eigenvalue weighted by Gasteiger charge is -2.26. The topological polar surface area (TPSA) is 83.1 Å². The van der Waals surface area contributed by atoms with Gasteiger partial charge in [0.1, 0.15) is 5.75 Å². The maximum absolute atomic E-state index is 12.9. The van der Waals surface area contributed by atoms with Gasteiger partial charge < -0.3 is 20.1 Å². The number of hydrogen-bond acceptors (Lipinski definition) is 6. The quantitative estimate of drug-likeness (QED) is 0.560. The van der Waals surface area contributed by atoms with E-state index in [0.29, 0.717) is 44.9 Å². The Hall–Kier alpha value is -2.94. The van der Waals surface area contributed by atoms with Gasteiger partial charge in [-0.25, -0.2) is 0 Å². The molecule has 2 heterocycles. The first-order valence-electron chi connectivity index (χ1n) is 13.5. The number of benzene rings is 2. The Morgan fingerprint density at radius 2 is 1.78 bits per heavy atom. The van der Waals surface area contributed by atoms with E-state index in [1.54, 1.807) is 0 Å². The lowest BCUT2D eigenvalue weighted by Crippen LogP contribution is -2.38. The van der Waals surface area contributed by atoms with Crippen molar-refractivity contribution in [3.8, 4) is 5.75 Å². The molecule has 8 nitrogen and oxygen atoms in total. The maximum atomic E-state index is 12.9. The number of carbonyl (C=O) groups excluding carboxylic acids is 2. The van der Waals surface area contributed by atoms with Crippen LogP contribution < -0.4 is 15.4 Å². The summed E-state index contributed by atoms with van der Waals surface area (Å²) in [5, 5.41) is 6.10. The van der Waals surface area contributed by atoms with Gasteiger partial charge in [0, 0.05) is 50.4 Å². The summed E-state index contributed by atoms with van der Waals surface area (Å²) in [5.74, 6) is 0.668. The highest BCUT2D eigenvalue weighted by Crippen LogP contribution is 2.24. The fourth-order valence-corrected chi connectivity index (χ4v) is 4.72. The molecule has 2 amide bonds. The van der Waals surface area contributed by atoms with Crippen LogP contribution in [-0.4, -0.2) is 80.7 Å². The molecule has 0 radical (unpaired) electrons. The van der Waals surface area contributed by atoms with E-state index in [1.165, 1.54) is 0 Å². The van der Waals surface area contributed by atoms with E-state index >= 15 is 0 Å². The Morgan fingerprint density at radius 3 is 2.62 bits per heavy atom. The van der Waals surface area contributed by atoms with Crippen LogP contribution in [0.4, 0.5) is 0 Å². The van der Waals surface area contributed by atoms with Crippen LogP contribution in [0.15, 0.2) is 48.5 Å². The molecule has 4 rings (SSSR count). The standard InChI is InChI=1S/C29H40N4O4/c34-28-23-33(21-24-8-3-1-4-9-24)22-26-11-10-25(20-27(26)37-17-6-2-5-12-30-28)29(35)31-13-7-14-32-15-18-36-19-16-32/h1,3-4,8-11,20H,2,5-7,12-19,21-23H2,(H,30,34)(H,31,35). The number of morpholine rings is 1. The number of ether oxygens (including phenoxy) is 2. The lowest BCUT2D eigenvalue weighted by molar-refractivity contribution is -0.122. The van der Waals surface area contributed by atoms with Gasteiger partial charge in [-0.15, -0.1) is 0 Å². The molecule has 0 aromatic heterocycles. The Kier molecular flexibility index (Phi) is 10.8. The van der Waals surface area contributed by atoms with E-state index in [1.807, 2.05) is 36.4 Å². The van der Waals surface area contributed by atoms with Crippen LogP contribution in [0.25, 0.3) is 0 Å². The molecule has 0 saturated carbocycles. The number of nitrogens with zero attached hydrogens (tertiary/aromatic N) is 2. The Labute approximate surface area is 220 Å². The van der Waals surface area contributed by atoms with Crippen molar-refractivity contribution in [2.45, 2.75) is 38.8 Å². The van der Waals surface area contributed by atoms with E-state index in [9.17, 15) is 9.59 Å². The number of rotatable bonds is 7. The van der Waals surface area contributed by atoms with Crippen molar-refractivity contribution in [2.24, 2.45) is 0 Å². The molecule has 2 aromatic rings.